The van der Waals surface area contributed by atoms with Crippen LogP contribution in [0.3, 0.4) is 0 Å². The first-order valence-corrected chi connectivity index (χ1v) is 6.07. The van der Waals surface area contributed by atoms with E-state index in [2.05, 4.69) is 0 Å². The molecule has 0 aromatic rings. The van der Waals surface area contributed by atoms with Crippen LogP contribution in [0.1, 0.15) is 40.5 Å². The quantitative estimate of drug-likeness (QED) is 0.688. The van der Waals surface area contributed by atoms with E-state index in [0.29, 0.717) is 0 Å². The van der Waals surface area contributed by atoms with Gasteiger partial charge in [-0.3, -0.25) is 22.8 Å². The zero-order valence-electron chi connectivity index (χ0n) is 9.03. The molecule has 0 atom stereocenters. The molecule has 14 heavy (non-hydrogen) atoms. The molecule has 0 spiro atoms. The third kappa shape index (κ3) is 5.43. The molecule has 0 aromatic heterocycles. The van der Waals surface area contributed by atoms with Crippen molar-refractivity contribution < 1.29 is 18.1 Å². The van der Waals surface area contributed by atoms with Gasteiger partial charge in [0.25, 0.3) is 0 Å². The number of carbonyl (C=O) groups is 1. The van der Waals surface area contributed by atoms with E-state index in [1.165, 1.54) is 6.92 Å². The fraction of sp³-hybridized carbons (Fsp3) is 0.875. The molecule has 0 saturated heterocycles. The first-order valence-electron chi connectivity index (χ1n) is 4.60. The minimum atomic E-state index is -3.38. The molecule has 1 saturated carbocycles. The smallest absolute Gasteiger partial charge is 0.230 e. The summed E-state index contributed by atoms with van der Waals surface area (Å²) < 4.78 is 25.1. The highest BCUT2D eigenvalue weighted by Gasteiger charge is 2.44. The van der Waals surface area contributed by atoms with Gasteiger partial charge >= 0.3 is 0 Å². The van der Waals surface area contributed by atoms with Gasteiger partial charge in [0.15, 0.2) is 11.1 Å². The van der Waals surface area contributed by atoms with E-state index in [1.54, 1.807) is 6.92 Å². The van der Waals surface area contributed by atoms with Gasteiger partial charge in [0.1, 0.15) is 0 Å². The third-order valence-electron chi connectivity index (χ3n) is 1.55. The fourth-order valence-electron chi connectivity index (χ4n) is 0.748. The summed E-state index contributed by atoms with van der Waals surface area (Å²) in [6.07, 6.45) is 1.59. The van der Waals surface area contributed by atoms with Crippen LogP contribution in [0.25, 0.3) is 0 Å². The summed E-state index contributed by atoms with van der Waals surface area (Å²) >= 11 is -3.38. The number of amides is 1. The second kappa shape index (κ2) is 4.97. The van der Waals surface area contributed by atoms with Crippen molar-refractivity contribution in [3.63, 3.8) is 0 Å². The van der Waals surface area contributed by atoms with Gasteiger partial charge in [0, 0.05) is 6.92 Å². The topological polar surface area (TPSA) is 78.8 Å². The van der Waals surface area contributed by atoms with Crippen molar-refractivity contribution in [1.82, 2.24) is 4.72 Å². The van der Waals surface area contributed by atoms with Crippen LogP contribution in [0, 0.1) is 0 Å². The highest BCUT2D eigenvalue weighted by Crippen LogP contribution is 2.50. The zero-order chi connectivity index (χ0) is 11.4. The predicted molar refractivity (Wildman–Crippen MR) is 56.7 cm³/mol. The van der Waals surface area contributed by atoms with Crippen LogP contribution in [0.2, 0.25) is 0 Å². The second-order valence-corrected chi connectivity index (χ2v) is 4.55. The van der Waals surface area contributed by atoms with Crippen molar-refractivity contribution in [3.05, 3.63) is 0 Å². The maximum atomic E-state index is 10.5. The van der Waals surface area contributed by atoms with E-state index in [0.717, 1.165) is 12.8 Å². The van der Waals surface area contributed by atoms with E-state index in [-0.39, 0.29) is 0 Å². The van der Waals surface area contributed by atoms with Gasteiger partial charge < -0.3 is 0 Å². The van der Waals surface area contributed by atoms with Crippen LogP contribution < -0.4 is 4.72 Å². The molecule has 0 bridgehead atoms. The van der Waals surface area contributed by atoms with Gasteiger partial charge in [-0.05, 0) is 19.8 Å². The summed E-state index contributed by atoms with van der Waals surface area (Å²) in [4.78, 5) is 10.5. The van der Waals surface area contributed by atoms with Gasteiger partial charge in [-0.15, -0.1) is 0 Å². The minimum absolute atomic E-state index is 0.457. The Kier molecular flexibility index (Phi) is 4.87. The summed E-state index contributed by atoms with van der Waals surface area (Å²) in [6, 6.07) is 0. The van der Waals surface area contributed by atoms with Gasteiger partial charge in [-0.2, -0.15) is 0 Å². The molecule has 1 aliphatic carbocycles. The molecule has 1 fully saturated rings. The summed E-state index contributed by atoms with van der Waals surface area (Å²) in [5.41, 5.74) is -0.457. The van der Waals surface area contributed by atoms with Crippen LogP contribution in [-0.2, 0) is 8.98 Å². The maximum Gasteiger partial charge on any atom is 0.230 e. The molecule has 0 radical (unpaired) electrons. The van der Waals surface area contributed by atoms with Crippen molar-refractivity contribution >= 4 is 17.0 Å². The summed E-state index contributed by atoms with van der Waals surface area (Å²) in [7, 11) is 0. The van der Waals surface area contributed by atoms with Crippen molar-refractivity contribution in [2.45, 2.75) is 46.1 Å². The van der Waals surface area contributed by atoms with E-state index in [4.69, 9.17) is 13.3 Å². The van der Waals surface area contributed by atoms with E-state index in [9.17, 15) is 4.79 Å². The molecule has 0 heterocycles. The lowest BCUT2D eigenvalue weighted by Gasteiger charge is -2.29. The average Bonchev–Trinajstić information content (AvgIpc) is 2.67. The standard InChI is InChI=1S/C6H13NO4S.C2H6/c1-5(8)7-12(9,10)11-6(2)3-4-6;1-2/h9-10H,3-4H2,1-2H3,(H,7,8);1-2H3. The van der Waals surface area contributed by atoms with Crippen molar-refractivity contribution in [2.75, 3.05) is 0 Å². The molecule has 3 N–H and O–H groups in total. The number of rotatable bonds is 3. The molecule has 1 amide bonds. The van der Waals surface area contributed by atoms with Crippen molar-refractivity contribution in [2.24, 2.45) is 0 Å². The number of nitrogens with one attached hydrogen (secondary N) is 1. The molecular formula is C8H19NO4S. The molecule has 0 unspecified atom stereocenters. The Bertz CT molecular complexity index is 204. The van der Waals surface area contributed by atoms with Gasteiger partial charge in [0.2, 0.25) is 5.91 Å². The van der Waals surface area contributed by atoms with Crippen molar-refractivity contribution in [3.8, 4) is 0 Å². The highest BCUT2D eigenvalue weighted by molar-refractivity contribution is 8.18. The van der Waals surface area contributed by atoms with Gasteiger partial charge in [-0.1, -0.05) is 13.8 Å². The highest BCUT2D eigenvalue weighted by atomic mass is 32.3. The Morgan fingerprint density at radius 1 is 1.43 bits per heavy atom. The largest absolute Gasteiger partial charge is 0.292 e. The van der Waals surface area contributed by atoms with E-state index < -0.39 is 22.6 Å². The minimum Gasteiger partial charge on any atom is -0.292 e. The lowest BCUT2D eigenvalue weighted by Crippen LogP contribution is -2.29. The lowest BCUT2D eigenvalue weighted by molar-refractivity contribution is -0.117. The molecule has 0 aliphatic heterocycles. The normalized spacial score (nSPS) is 19.0. The van der Waals surface area contributed by atoms with E-state index in [1.807, 2.05) is 18.6 Å². The third-order valence-corrected chi connectivity index (χ3v) is 2.74. The van der Waals surface area contributed by atoms with E-state index >= 15 is 0 Å². The molecule has 86 valence electrons. The fourth-order valence-corrected chi connectivity index (χ4v) is 1.89. The lowest BCUT2D eigenvalue weighted by atomic mass is 10.4. The van der Waals surface area contributed by atoms with Gasteiger partial charge in [-0.25, -0.2) is 0 Å². The van der Waals surface area contributed by atoms with Crippen LogP contribution in [-0.4, -0.2) is 20.6 Å². The molecule has 1 aliphatic rings. The average molecular weight is 225 g/mol. The second-order valence-electron chi connectivity index (χ2n) is 3.19. The Morgan fingerprint density at radius 3 is 2.14 bits per heavy atom. The number of hydrogen-bond acceptors (Lipinski definition) is 4. The predicted octanol–water partition coefficient (Wildman–Crippen LogP) is 2.30. The summed E-state index contributed by atoms with van der Waals surface area (Å²) in [6.45, 7) is 6.97. The molecule has 1 rings (SSSR count). The Balaban J connectivity index is 0.000000791. The number of carbonyl (C=O) groups excluding carboxylic acids is 1. The SMILES string of the molecule is CC.CC(=O)NS(O)(O)OC1(C)CC1. The summed E-state index contributed by atoms with van der Waals surface area (Å²) in [5.74, 6) is -0.515. The Morgan fingerprint density at radius 2 is 1.86 bits per heavy atom. The van der Waals surface area contributed by atoms with Crippen LogP contribution in [0.5, 0.6) is 0 Å². The van der Waals surface area contributed by atoms with Crippen LogP contribution in [0.4, 0.5) is 0 Å². The molecule has 0 aromatic carbocycles. The van der Waals surface area contributed by atoms with Crippen LogP contribution in [0.15, 0.2) is 0 Å². The molecular weight excluding hydrogens is 206 g/mol. The zero-order valence-corrected chi connectivity index (χ0v) is 9.85. The van der Waals surface area contributed by atoms with Crippen molar-refractivity contribution in [1.29, 1.82) is 0 Å². The first-order chi connectivity index (χ1) is 6.33. The number of hydrogen-bond donors (Lipinski definition) is 3. The summed E-state index contributed by atoms with van der Waals surface area (Å²) in [5, 5.41) is 0. The Hall–Kier alpha value is -0.300. The van der Waals surface area contributed by atoms with Gasteiger partial charge in [0.05, 0.1) is 5.60 Å². The first kappa shape index (κ1) is 13.7. The molecule has 5 nitrogen and oxygen atoms in total. The maximum absolute atomic E-state index is 10.5. The van der Waals surface area contributed by atoms with Crippen LogP contribution >= 0.6 is 11.1 Å². The monoisotopic (exact) mass is 225 g/mol. The molecule has 6 heteroatoms. The Labute approximate surface area is 86.5 Å².